The van der Waals surface area contributed by atoms with E-state index in [0.717, 1.165) is 33.3 Å². The van der Waals surface area contributed by atoms with Crippen molar-refractivity contribution in [1.29, 1.82) is 0 Å². The van der Waals surface area contributed by atoms with Gasteiger partial charge in [-0.1, -0.05) is 17.7 Å². The van der Waals surface area contributed by atoms with Gasteiger partial charge in [0.25, 0.3) is 0 Å². The zero-order valence-electron chi connectivity index (χ0n) is 18.8. The molecule has 5 atom stereocenters. The Labute approximate surface area is 191 Å². The van der Waals surface area contributed by atoms with E-state index in [1.54, 1.807) is 19.1 Å². The first-order valence-electron chi connectivity index (χ1n) is 9.94. The van der Waals surface area contributed by atoms with E-state index >= 15 is 0 Å². The molecule has 5 unspecified atom stereocenters. The zero-order chi connectivity index (χ0) is 24.9. The smallest absolute Gasteiger partial charge is 0.303 e. The van der Waals surface area contributed by atoms with E-state index in [9.17, 15) is 27.6 Å². The van der Waals surface area contributed by atoms with Gasteiger partial charge in [0, 0.05) is 27.7 Å². The Morgan fingerprint density at radius 1 is 0.788 bits per heavy atom. The first kappa shape index (κ1) is 26.3. The van der Waals surface area contributed by atoms with E-state index in [-0.39, 0.29) is 4.90 Å². The molecule has 1 saturated heterocycles. The molecule has 0 radical (unpaired) electrons. The lowest BCUT2D eigenvalue weighted by atomic mass is 9.99. The van der Waals surface area contributed by atoms with Gasteiger partial charge in [-0.25, -0.2) is 8.42 Å². The summed E-state index contributed by atoms with van der Waals surface area (Å²) in [6, 6.07) is 5.83. The second-order valence-corrected chi connectivity index (χ2v) is 9.45. The molecule has 0 N–H and O–H groups in total. The second kappa shape index (κ2) is 10.8. The van der Waals surface area contributed by atoms with Gasteiger partial charge in [-0.2, -0.15) is 0 Å². The predicted molar refractivity (Wildman–Crippen MR) is 110 cm³/mol. The van der Waals surface area contributed by atoms with Crippen molar-refractivity contribution in [3.8, 4) is 0 Å². The van der Waals surface area contributed by atoms with E-state index in [0.29, 0.717) is 0 Å². The van der Waals surface area contributed by atoms with E-state index in [2.05, 4.69) is 0 Å². The fourth-order valence-electron chi connectivity index (χ4n) is 3.30. The Morgan fingerprint density at radius 3 is 1.76 bits per heavy atom. The van der Waals surface area contributed by atoms with Crippen molar-refractivity contribution in [1.82, 2.24) is 0 Å². The Kier molecular flexibility index (Phi) is 8.56. The third-order valence-corrected chi connectivity index (χ3v) is 6.52. The van der Waals surface area contributed by atoms with Gasteiger partial charge in [-0.05, 0) is 19.1 Å². The molecule has 0 amide bonds. The summed E-state index contributed by atoms with van der Waals surface area (Å²) in [4.78, 5) is 46.6. The van der Waals surface area contributed by atoms with E-state index in [4.69, 9.17) is 23.7 Å². The van der Waals surface area contributed by atoms with Crippen LogP contribution in [0.25, 0.3) is 0 Å². The van der Waals surface area contributed by atoms with Crippen molar-refractivity contribution in [2.75, 3.05) is 6.61 Å². The maximum atomic E-state index is 13.5. The minimum Gasteiger partial charge on any atom is -0.463 e. The fourth-order valence-corrected chi connectivity index (χ4v) is 4.94. The molecule has 182 valence electrons. The van der Waals surface area contributed by atoms with Crippen molar-refractivity contribution in [3.05, 3.63) is 29.8 Å². The van der Waals surface area contributed by atoms with Crippen LogP contribution in [0.15, 0.2) is 29.2 Å². The van der Waals surface area contributed by atoms with Crippen LogP contribution in [-0.2, 0) is 52.7 Å². The van der Waals surface area contributed by atoms with Crippen LogP contribution in [0.5, 0.6) is 0 Å². The molecule has 0 bridgehead atoms. The first-order chi connectivity index (χ1) is 15.3. The van der Waals surface area contributed by atoms with Crippen LogP contribution in [0.4, 0.5) is 0 Å². The Morgan fingerprint density at radius 2 is 1.27 bits per heavy atom. The second-order valence-electron chi connectivity index (χ2n) is 7.43. The van der Waals surface area contributed by atoms with Crippen molar-refractivity contribution in [3.63, 3.8) is 0 Å². The summed E-state index contributed by atoms with van der Waals surface area (Å²) >= 11 is 0. The monoisotopic (exact) mass is 486 g/mol. The van der Waals surface area contributed by atoms with Gasteiger partial charge >= 0.3 is 23.9 Å². The van der Waals surface area contributed by atoms with Crippen LogP contribution in [0, 0.1) is 6.92 Å². The average molecular weight is 486 g/mol. The molecule has 0 spiro atoms. The molecule has 2 rings (SSSR count). The quantitative estimate of drug-likeness (QED) is 0.399. The number of ether oxygens (including phenoxy) is 5. The molecular formula is C21H26O11S. The lowest BCUT2D eigenvalue weighted by Crippen LogP contribution is -2.64. The highest BCUT2D eigenvalue weighted by atomic mass is 32.2. The molecule has 1 aromatic carbocycles. The summed E-state index contributed by atoms with van der Waals surface area (Å²) < 4.78 is 53.3. The van der Waals surface area contributed by atoms with Gasteiger partial charge < -0.3 is 23.7 Å². The average Bonchev–Trinajstić information content (AvgIpc) is 2.68. The number of carbonyl (C=O) groups is 4. The van der Waals surface area contributed by atoms with Gasteiger partial charge in [0.1, 0.15) is 12.7 Å². The van der Waals surface area contributed by atoms with Crippen molar-refractivity contribution in [2.24, 2.45) is 0 Å². The van der Waals surface area contributed by atoms with Gasteiger partial charge in [-0.15, -0.1) is 0 Å². The molecule has 33 heavy (non-hydrogen) atoms. The summed E-state index contributed by atoms with van der Waals surface area (Å²) in [6.07, 6.45) is -6.02. The zero-order valence-corrected chi connectivity index (χ0v) is 19.6. The summed E-state index contributed by atoms with van der Waals surface area (Å²) in [6.45, 7) is 5.53. The summed E-state index contributed by atoms with van der Waals surface area (Å²) in [5, 5.41) is 0. The maximum Gasteiger partial charge on any atom is 0.303 e. The van der Waals surface area contributed by atoms with Crippen LogP contribution >= 0.6 is 0 Å². The molecule has 0 saturated carbocycles. The van der Waals surface area contributed by atoms with Crippen LogP contribution in [-0.4, -0.2) is 68.8 Å². The number of esters is 4. The molecule has 12 heteroatoms. The SMILES string of the molecule is CC(=O)OCC1OC(S(=O)(=O)c2ccc(C)cc2)C(OC(C)=O)C(OC(C)=O)C1OC(C)=O. The van der Waals surface area contributed by atoms with Crippen LogP contribution in [0.1, 0.15) is 33.3 Å². The highest BCUT2D eigenvalue weighted by Crippen LogP contribution is 2.34. The lowest BCUT2D eigenvalue weighted by molar-refractivity contribution is -0.238. The van der Waals surface area contributed by atoms with Crippen LogP contribution in [0.3, 0.4) is 0 Å². The largest absolute Gasteiger partial charge is 0.463 e. The molecule has 1 aliphatic rings. The highest BCUT2D eigenvalue weighted by molar-refractivity contribution is 7.92. The molecule has 0 aromatic heterocycles. The third kappa shape index (κ3) is 6.75. The Hall–Kier alpha value is -2.99. The number of carbonyl (C=O) groups excluding carboxylic acids is 4. The molecule has 1 aromatic rings. The summed E-state index contributed by atoms with van der Waals surface area (Å²) in [7, 11) is -4.34. The van der Waals surface area contributed by atoms with Crippen molar-refractivity contribution in [2.45, 2.75) is 69.4 Å². The third-order valence-electron chi connectivity index (χ3n) is 4.60. The number of aryl methyl sites for hydroxylation is 1. The molecule has 11 nitrogen and oxygen atoms in total. The van der Waals surface area contributed by atoms with Gasteiger partial charge in [0.2, 0.25) is 15.3 Å². The molecule has 1 fully saturated rings. The van der Waals surface area contributed by atoms with E-state index in [1.165, 1.54) is 12.1 Å². The van der Waals surface area contributed by atoms with Gasteiger partial charge in [0.15, 0.2) is 18.3 Å². The summed E-state index contributed by atoms with van der Waals surface area (Å²) in [5.74, 6) is -3.25. The number of hydrogen-bond acceptors (Lipinski definition) is 11. The number of hydrogen-bond donors (Lipinski definition) is 0. The summed E-state index contributed by atoms with van der Waals surface area (Å²) in [5.41, 5.74) is -1.06. The normalized spacial score (nSPS) is 24.9. The fraction of sp³-hybridized carbons (Fsp3) is 0.524. The Bertz CT molecular complexity index is 1000. The highest BCUT2D eigenvalue weighted by Gasteiger charge is 2.56. The van der Waals surface area contributed by atoms with Crippen LogP contribution in [0.2, 0.25) is 0 Å². The standard InChI is InChI=1S/C21H26O11S/c1-11-6-8-16(9-7-11)33(26,27)21-20(31-15(5)25)19(30-14(4)24)18(29-13(3)23)17(32-21)10-28-12(2)22/h6-9,17-21H,10H2,1-5H3. The minimum absolute atomic E-state index is 0.144. The molecule has 1 heterocycles. The topological polar surface area (TPSA) is 149 Å². The Balaban J connectivity index is 2.62. The van der Waals surface area contributed by atoms with Crippen molar-refractivity contribution < 1.29 is 51.3 Å². The number of sulfone groups is 1. The number of rotatable bonds is 7. The molecule has 0 aliphatic carbocycles. The minimum atomic E-state index is -4.34. The predicted octanol–water partition coefficient (Wildman–Crippen LogP) is 0.852. The number of benzene rings is 1. The molecular weight excluding hydrogens is 460 g/mol. The van der Waals surface area contributed by atoms with E-state index < -0.39 is 70.2 Å². The lowest BCUT2D eigenvalue weighted by Gasteiger charge is -2.43. The maximum absolute atomic E-state index is 13.5. The first-order valence-corrected chi connectivity index (χ1v) is 11.5. The van der Waals surface area contributed by atoms with E-state index in [1.807, 2.05) is 0 Å². The van der Waals surface area contributed by atoms with Crippen LogP contribution < -0.4 is 0 Å². The molecule has 1 aliphatic heterocycles. The van der Waals surface area contributed by atoms with Crippen molar-refractivity contribution >= 4 is 33.7 Å². The van der Waals surface area contributed by atoms with Gasteiger partial charge in [0.05, 0.1) is 4.90 Å². The van der Waals surface area contributed by atoms with Gasteiger partial charge in [-0.3, -0.25) is 19.2 Å².